The number of nitrogens with zero attached hydrogens (tertiary/aromatic N) is 4. The molecule has 0 spiro atoms. The van der Waals surface area contributed by atoms with Gasteiger partial charge in [0.2, 0.25) is 0 Å². The number of carboxylic acids is 1. The maximum absolute atomic E-state index is 11.6. The van der Waals surface area contributed by atoms with Gasteiger partial charge in [-0.2, -0.15) is 0 Å². The van der Waals surface area contributed by atoms with Gasteiger partial charge in [-0.05, 0) is 83.5 Å². The van der Waals surface area contributed by atoms with Gasteiger partial charge in [-0.3, -0.25) is 0 Å². The van der Waals surface area contributed by atoms with Gasteiger partial charge in [-0.25, -0.2) is 24.8 Å². The van der Waals surface area contributed by atoms with Crippen LogP contribution in [0.5, 0.6) is 0 Å². The van der Waals surface area contributed by atoms with E-state index in [-0.39, 0.29) is 5.56 Å². The van der Waals surface area contributed by atoms with Crippen LogP contribution in [0.3, 0.4) is 0 Å². The Morgan fingerprint density at radius 1 is 0.467 bits per heavy atom. The highest BCUT2D eigenvalue weighted by molar-refractivity contribution is 6.37. The van der Waals surface area contributed by atoms with Crippen LogP contribution in [0.4, 0.5) is 0 Å². The molecule has 6 heteroatoms. The van der Waals surface area contributed by atoms with Crippen molar-refractivity contribution in [1.82, 2.24) is 0 Å². The second-order valence-electron chi connectivity index (χ2n) is 10.8. The average molecular weight is 581 g/mol. The van der Waals surface area contributed by atoms with Crippen molar-refractivity contribution in [1.29, 1.82) is 0 Å². The van der Waals surface area contributed by atoms with E-state index >= 15 is 0 Å². The number of benzene rings is 3. The second-order valence-corrected chi connectivity index (χ2v) is 10.8. The molecule has 0 saturated heterocycles. The summed E-state index contributed by atoms with van der Waals surface area (Å²) in [4.78, 5) is 31.9. The number of hydrogen-bond acceptors (Lipinski definition) is 5. The molecule has 45 heavy (non-hydrogen) atoms. The molecule has 6 nitrogen and oxygen atoms in total. The van der Waals surface area contributed by atoms with Crippen LogP contribution in [0.25, 0.3) is 16.7 Å². The lowest BCUT2D eigenvalue weighted by Gasteiger charge is -2.11. The lowest BCUT2D eigenvalue weighted by molar-refractivity contribution is 0.0697. The van der Waals surface area contributed by atoms with Crippen molar-refractivity contribution in [3.8, 4) is 0 Å². The number of allylic oxidation sites excluding steroid dienone is 12. The van der Waals surface area contributed by atoms with Crippen LogP contribution < -0.4 is 0 Å². The van der Waals surface area contributed by atoms with E-state index in [1.807, 2.05) is 103 Å². The minimum atomic E-state index is -0.973. The zero-order valence-corrected chi connectivity index (χ0v) is 23.9. The fourth-order valence-corrected chi connectivity index (χ4v) is 5.90. The van der Waals surface area contributed by atoms with Crippen LogP contribution in [-0.4, -0.2) is 33.9 Å². The van der Waals surface area contributed by atoms with Gasteiger partial charge < -0.3 is 5.11 Å². The van der Waals surface area contributed by atoms with Crippen molar-refractivity contribution in [3.05, 3.63) is 185 Å². The van der Waals surface area contributed by atoms with E-state index in [9.17, 15) is 9.90 Å². The third-order valence-corrected chi connectivity index (χ3v) is 7.98. The molecule has 8 bridgehead atoms. The third kappa shape index (κ3) is 4.84. The van der Waals surface area contributed by atoms with E-state index in [0.29, 0.717) is 0 Å². The SMILES string of the molecule is O=C(O)c1ccc(C2=C3C=CC(=N3)C=C3C=CC(=N3)C(c3ccccc3)=C3C=CC(=N3)C(c3ccccc3)=C3C=CC2=N3)cc1. The number of carboxylic acid groups (broad SMARTS) is 1. The molecule has 5 aliphatic heterocycles. The lowest BCUT2D eigenvalue weighted by Crippen LogP contribution is -2.03. The molecule has 0 unspecified atom stereocenters. The van der Waals surface area contributed by atoms with E-state index in [2.05, 4.69) is 24.3 Å². The Bertz CT molecular complexity index is 2180. The second kappa shape index (κ2) is 10.8. The highest BCUT2D eigenvalue weighted by Gasteiger charge is 2.25. The van der Waals surface area contributed by atoms with Crippen molar-refractivity contribution >= 4 is 45.5 Å². The van der Waals surface area contributed by atoms with E-state index in [1.165, 1.54) is 0 Å². The summed E-state index contributed by atoms with van der Waals surface area (Å²) in [5.41, 5.74) is 12.0. The van der Waals surface area contributed by atoms with Gasteiger partial charge in [0, 0.05) is 16.7 Å². The van der Waals surface area contributed by atoms with Crippen molar-refractivity contribution in [3.63, 3.8) is 0 Å². The zero-order chi connectivity index (χ0) is 30.3. The fraction of sp³-hybridized carbons (Fsp3) is 0. The molecule has 0 radical (unpaired) electrons. The predicted molar refractivity (Wildman–Crippen MR) is 181 cm³/mol. The molecule has 3 aromatic carbocycles. The van der Waals surface area contributed by atoms with E-state index in [1.54, 1.807) is 12.1 Å². The summed E-state index contributed by atoms with van der Waals surface area (Å²) >= 11 is 0. The smallest absolute Gasteiger partial charge is 0.335 e. The van der Waals surface area contributed by atoms with Crippen molar-refractivity contribution in [2.45, 2.75) is 0 Å². The van der Waals surface area contributed by atoms with Gasteiger partial charge in [0.1, 0.15) is 0 Å². The molecule has 0 saturated carbocycles. The standard InChI is InChI=1S/C39H24N4O2/c44-39(45)27-13-11-26(12-14-27)38-31-18-16-29(41-31)23-28-15-17-30(40-28)36(24-7-3-1-4-8-24)32-19-20-33(42-32)37(25-9-5-2-6-10-25)34-21-22-35(38)43-34/h1-23H,(H,44,45). The first kappa shape index (κ1) is 26.4. The predicted octanol–water partition coefficient (Wildman–Crippen LogP) is 7.86. The lowest BCUT2D eigenvalue weighted by atomic mass is 9.97. The molecule has 0 amide bonds. The van der Waals surface area contributed by atoms with Crippen LogP contribution >= 0.6 is 0 Å². The Labute approximate surface area is 259 Å². The fourth-order valence-electron chi connectivity index (χ4n) is 5.90. The maximum Gasteiger partial charge on any atom is 0.335 e. The van der Waals surface area contributed by atoms with E-state index in [4.69, 9.17) is 20.0 Å². The Morgan fingerprint density at radius 2 is 0.933 bits per heavy atom. The number of hydrogen-bond donors (Lipinski definition) is 1. The molecule has 3 aromatic rings. The van der Waals surface area contributed by atoms with Gasteiger partial charge in [0.15, 0.2) is 0 Å². The third-order valence-electron chi connectivity index (χ3n) is 7.98. The topological polar surface area (TPSA) is 86.7 Å². The van der Waals surface area contributed by atoms with Crippen molar-refractivity contribution < 1.29 is 9.90 Å². The summed E-state index contributed by atoms with van der Waals surface area (Å²) in [6.45, 7) is 0. The largest absolute Gasteiger partial charge is 0.478 e. The van der Waals surface area contributed by atoms with Gasteiger partial charge >= 0.3 is 5.97 Å². The summed E-state index contributed by atoms with van der Waals surface area (Å²) in [7, 11) is 0. The number of carbonyl (C=O) groups is 1. The van der Waals surface area contributed by atoms with Crippen molar-refractivity contribution in [2.24, 2.45) is 20.0 Å². The van der Waals surface area contributed by atoms with E-state index in [0.717, 1.165) is 79.0 Å². The summed E-state index contributed by atoms with van der Waals surface area (Å²) in [5, 5.41) is 9.49. The zero-order valence-electron chi connectivity index (χ0n) is 23.9. The minimum absolute atomic E-state index is 0.218. The summed E-state index contributed by atoms with van der Waals surface area (Å²) in [5.74, 6) is -0.973. The Kier molecular flexibility index (Phi) is 6.31. The number of aromatic carboxylic acids is 1. The average Bonchev–Trinajstić information content (AvgIpc) is 3.90. The molecule has 8 rings (SSSR count). The highest BCUT2D eigenvalue weighted by Crippen LogP contribution is 2.36. The molecule has 5 heterocycles. The first-order valence-corrected chi connectivity index (χ1v) is 14.6. The molecule has 212 valence electrons. The number of rotatable bonds is 4. The van der Waals surface area contributed by atoms with Crippen LogP contribution in [0.2, 0.25) is 0 Å². The van der Waals surface area contributed by atoms with Crippen LogP contribution in [0.15, 0.2) is 182 Å². The molecule has 0 atom stereocenters. The monoisotopic (exact) mass is 580 g/mol. The first-order valence-electron chi connectivity index (χ1n) is 14.6. The molecule has 0 fully saturated rings. The van der Waals surface area contributed by atoms with Gasteiger partial charge in [0.05, 0.1) is 51.2 Å². The molecule has 0 aromatic heterocycles. The summed E-state index contributed by atoms with van der Waals surface area (Å²) in [6.07, 6.45) is 18.0. The quantitative estimate of drug-likeness (QED) is 0.341. The summed E-state index contributed by atoms with van der Waals surface area (Å²) < 4.78 is 0. The Morgan fingerprint density at radius 3 is 1.49 bits per heavy atom. The van der Waals surface area contributed by atoms with Gasteiger partial charge in [0.25, 0.3) is 0 Å². The molecular weight excluding hydrogens is 556 g/mol. The van der Waals surface area contributed by atoms with Crippen LogP contribution in [-0.2, 0) is 0 Å². The molecular formula is C39H24N4O2. The first-order chi connectivity index (χ1) is 22.1. The Hall–Kier alpha value is -6.27. The minimum Gasteiger partial charge on any atom is -0.478 e. The maximum atomic E-state index is 11.6. The summed E-state index contributed by atoms with van der Waals surface area (Å²) in [6, 6.07) is 27.2. The normalized spacial score (nSPS) is 18.0. The number of aliphatic imine (C=N–C) groups is 4. The van der Waals surface area contributed by atoms with Gasteiger partial charge in [-0.15, -0.1) is 0 Å². The van der Waals surface area contributed by atoms with Crippen LogP contribution in [0.1, 0.15) is 27.0 Å². The Balaban J connectivity index is 1.40. The van der Waals surface area contributed by atoms with Gasteiger partial charge in [-0.1, -0.05) is 72.8 Å². The van der Waals surface area contributed by atoms with Crippen LogP contribution in [0, 0.1) is 0 Å². The molecule has 0 aliphatic carbocycles. The van der Waals surface area contributed by atoms with E-state index < -0.39 is 5.97 Å². The molecule has 1 N–H and O–H groups in total. The van der Waals surface area contributed by atoms with Crippen molar-refractivity contribution in [2.75, 3.05) is 0 Å². The highest BCUT2D eigenvalue weighted by atomic mass is 16.4. The number of fused-ring (bicyclic) bond motifs is 4. The molecule has 5 aliphatic rings.